The Morgan fingerprint density at radius 1 is 1.62 bits per heavy atom. The highest BCUT2D eigenvalue weighted by atomic mass is 32.2. The van der Waals surface area contributed by atoms with E-state index in [1.54, 1.807) is 18.4 Å². The summed E-state index contributed by atoms with van der Waals surface area (Å²) in [5.41, 5.74) is 2.39. The average molecular weight is 200 g/mol. The zero-order valence-corrected chi connectivity index (χ0v) is 8.34. The molecule has 1 unspecified atom stereocenters. The fraction of sp³-hybridized carbons (Fsp3) is 0.286. The first kappa shape index (κ1) is 9.94. The topological polar surface area (TPSA) is 80.4 Å². The normalized spacial score (nSPS) is 14.7. The van der Waals surface area contributed by atoms with Crippen molar-refractivity contribution in [2.45, 2.75) is 4.90 Å². The second-order valence-corrected chi connectivity index (χ2v) is 4.95. The highest BCUT2D eigenvalue weighted by Crippen LogP contribution is 2.11. The van der Waals surface area contributed by atoms with Crippen molar-refractivity contribution < 1.29 is 4.21 Å². The molecule has 6 heteroatoms. The Morgan fingerprint density at radius 3 is 2.69 bits per heavy atom. The molecule has 1 aromatic rings. The average Bonchev–Trinajstić information content (AvgIpc) is 2.18. The van der Waals surface area contributed by atoms with Crippen molar-refractivity contribution in [3.63, 3.8) is 0 Å². The largest absolute Gasteiger partial charge is 0.308 e. The number of anilines is 1. The lowest BCUT2D eigenvalue weighted by molar-refractivity contribution is 0.680. The Bertz CT molecular complexity index is 391. The molecule has 1 rings (SSSR count). The number of rotatable bonds is 2. The molecule has 0 saturated heterocycles. The molecule has 13 heavy (non-hydrogen) atoms. The molecule has 0 fully saturated rings. The van der Waals surface area contributed by atoms with Gasteiger partial charge in [-0.3, -0.25) is 0 Å². The molecule has 0 spiro atoms. The van der Waals surface area contributed by atoms with Crippen LogP contribution in [0.15, 0.2) is 27.6 Å². The van der Waals surface area contributed by atoms with Crippen molar-refractivity contribution in [2.24, 2.45) is 10.2 Å². The third kappa shape index (κ3) is 2.16. The number of hydrogen-bond donors (Lipinski definition) is 2. The minimum atomic E-state index is -2.28. The smallest absolute Gasteiger partial charge is 0.139 e. The fourth-order valence-electron chi connectivity index (χ4n) is 0.795. The number of pyridine rings is 1. The van der Waals surface area contributed by atoms with E-state index in [1.165, 1.54) is 13.2 Å². The summed E-state index contributed by atoms with van der Waals surface area (Å²) in [5.74, 6) is 5.67. The van der Waals surface area contributed by atoms with Crippen molar-refractivity contribution in [1.29, 1.82) is 0 Å². The van der Waals surface area contributed by atoms with E-state index in [9.17, 15) is 4.21 Å². The van der Waals surface area contributed by atoms with E-state index in [0.29, 0.717) is 10.7 Å². The van der Waals surface area contributed by atoms with Gasteiger partial charge >= 0.3 is 0 Å². The molecule has 0 aliphatic rings. The van der Waals surface area contributed by atoms with Gasteiger partial charge in [0.1, 0.15) is 5.82 Å². The molecule has 0 radical (unpaired) electrons. The quantitative estimate of drug-likeness (QED) is 0.536. The lowest BCUT2D eigenvalue weighted by atomic mass is 10.5. The zero-order chi connectivity index (χ0) is 9.90. The van der Waals surface area contributed by atoms with E-state index in [1.807, 2.05) is 0 Å². The third-order valence-electron chi connectivity index (χ3n) is 1.67. The van der Waals surface area contributed by atoms with Crippen LogP contribution in [0.1, 0.15) is 0 Å². The van der Waals surface area contributed by atoms with Gasteiger partial charge in [0.25, 0.3) is 0 Å². The molecular weight excluding hydrogens is 188 g/mol. The van der Waals surface area contributed by atoms with Crippen LogP contribution in [0.2, 0.25) is 0 Å². The summed E-state index contributed by atoms with van der Waals surface area (Å²) in [5, 5.41) is 0. The van der Waals surface area contributed by atoms with Gasteiger partial charge in [-0.05, 0) is 12.1 Å². The molecular formula is C7H12N4OS. The Kier molecular flexibility index (Phi) is 2.84. The van der Waals surface area contributed by atoms with Crippen LogP contribution in [0.3, 0.4) is 0 Å². The fourth-order valence-corrected chi connectivity index (χ4v) is 1.57. The van der Waals surface area contributed by atoms with Crippen molar-refractivity contribution >= 4 is 15.5 Å². The molecule has 0 aliphatic carbocycles. The summed E-state index contributed by atoms with van der Waals surface area (Å²) in [4.78, 5) is 4.54. The predicted molar refractivity (Wildman–Crippen MR) is 52.7 cm³/mol. The first-order valence-electron chi connectivity index (χ1n) is 3.63. The molecule has 1 heterocycles. The van der Waals surface area contributed by atoms with Crippen LogP contribution in [0.5, 0.6) is 0 Å². The zero-order valence-electron chi connectivity index (χ0n) is 7.52. The maximum absolute atomic E-state index is 11.7. The first-order chi connectivity index (χ1) is 6.10. The maximum Gasteiger partial charge on any atom is 0.139 e. The van der Waals surface area contributed by atoms with Crippen molar-refractivity contribution in [2.75, 3.05) is 18.7 Å². The van der Waals surface area contributed by atoms with Crippen LogP contribution in [0, 0.1) is 0 Å². The molecule has 0 aromatic carbocycles. The van der Waals surface area contributed by atoms with Gasteiger partial charge in [-0.25, -0.2) is 19.4 Å². The standard InChI is InChI=1S/C7H12N4OS/c1-9-13(2,12)6-3-4-7(11-8)10-5-6/h3-5H,8H2,1-2H3,(H,10,11). The Labute approximate surface area is 77.5 Å². The number of hydrogen-bond acceptors (Lipinski definition) is 5. The van der Waals surface area contributed by atoms with Crippen LogP contribution in [0.25, 0.3) is 0 Å². The highest BCUT2D eigenvalue weighted by Gasteiger charge is 2.04. The molecule has 1 aromatic heterocycles. The number of nitrogens with two attached hydrogens (primary N) is 1. The Morgan fingerprint density at radius 2 is 2.31 bits per heavy atom. The molecule has 1 atom stereocenters. The van der Waals surface area contributed by atoms with Crippen LogP contribution in [-0.2, 0) is 9.73 Å². The summed E-state index contributed by atoms with van der Waals surface area (Å²) >= 11 is 0. The summed E-state index contributed by atoms with van der Waals surface area (Å²) in [6.45, 7) is 0. The van der Waals surface area contributed by atoms with E-state index in [2.05, 4.69) is 14.8 Å². The maximum atomic E-state index is 11.7. The van der Waals surface area contributed by atoms with Gasteiger partial charge in [-0.1, -0.05) is 0 Å². The van der Waals surface area contributed by atoms with Crippen molar-refractivity contribution in [1.82, 2.24) is 4.98 Å². The molecule has 0 bridgehead atoms. The van der Waals surface area contributed by atoms with Gasteiger partial charge in [0.2, 0.25) is 0 Å². The number of aromatic nitrogens is 1. The molecule has 0 amide bonds. The summed E-state index contributed by atoms with van der Waals surface area (Å²) in [6, 6.07) is 3.35. The van der Waals surface area contributed by atoms with E-state index in [4.69, 9.17) is 5.84 Å². The second-order valence-electron chi connectivity index (χ2n) is 2.51. The molecule has 0 saturated carbocycles. The van der Waals surface area contributed by atoms with Crippen LogP contribution in [-0.4, -0.2) is 22.5 Å². The lowest BCUT2D eigenvalue weighted by Gasteiger charge is -2.03. The highest BCUT2D eigenvalue weighted by molar-refractivity contribution is 7.93. The minimum absolute atomic E-state index is 0.537. The summed E-state index contributed by atoms with van der Waals surface area (Å²) in [7, 11) is -0.754. The van der Waals surface area contributed by atoms with Crippen LogP contribution in [0.4, 0.5) is 5.82 Å². The number of hydrazine groups is 1. The Hall–Kier alpha value is -1.14. The molecule has 0 aliphatic heterocycles. The van der Waals surface area contributed by atoms with E-state index < -0.39 is 9.73 Å². The summed E-state index contributed by atoms with van der Waals surface area (Å²) in [6.07, 6.45) is 3.07. The SMILES string of the molecule is CN=S(C)(=O)c1ccc(NN)nc1. The van der Waals surface area contributed by atoms with E-state index in [0.717, 1.165) is 0 Å². The van der Waals surface area contributed by atoms with Crippen LogP contribution >= 0.6 is 0 Å². The van der Waals surface area contributed by atoms with Crippen molar-refractivity contribution in [3.05, 3.63) is 18.3 Å². The van der Waals surface area contributed by atoms with Gasteiger partial charge in [0, 0.05) is 19.5 Å². The first-order valence-corrected chi connectivity index (χ1v) is 5.55. The van der Waals surface area contributed by atoms with Gasteiger partial charge in [0.05, 0.1) is 14.6 Å². The predicted octanol–water partition coefficient (Wildman–Crippen LogP) is 0.454. The van der Waals surface area contributed by atoms with Crippen molar-refractivity contribution in [3.8, 4) is 0 Å². The van der Waals surface area contributed by atoms with Gasteiger partial charge in [-0.15, -0.1) is 0 Å². The summed E-state index contributed by atoms with van der Waals surface area (Å²) < 4.78 is 15.5. The van der Waals surface area contributed by atoms with E-state index in [-0.39, 0.29) is 0 Å². The van der Waals surface area contributed by atoms with E-state index >= 15 is 0 Å². The number of nitrogens with zero attached hydrogens (tertiary/aromatic N) is 2. The number of nitrogen functional groups attached to an aromatic ring is 1. The monoisotopic (exact) mass is 200 g/mol. The van der Waals surface area contributed by atoms with Gasteiger partial charge in [0.15, 0.2) is 0 Å². The van der Waals surface area contributed by atoms with Gasteiger partial charge < -0.3 is 5.43 Å². The second kappa shape index (κ2) is 3.71. The molecule has 3 N–H and O–H groups in total. The van der Waals surface area contributed by atoms with Crippen LogP contribution < -0.4 is 11.3 Å². The third-order valence-corrected chi connectivity index (χ3v) is 3.48. The minimum Gasteiger partial charge on any atom is -0.308 e. The van der Waals surface area contributed by atoms with Gasteiger partial charge in [-0.2, -0.15) is 0 Å². The lowest BCUT2D eigenvalue weighted by Crippen LogP contribution is -2.08. The molecule has 5 nitrogen and oxygen atoms in total. The molecule has 72 valence electrons. The number of nitrogens with one attached hydrogen (secondary N) is 1. The Balaban J connectivity index is 3.14.